The molecule has 0 spiro atoms. The lowest BCUT2D eigenvalue weighted by Crippen LogP contribution is -2.52. The molecule has 2 nitrogen and oxygen atoms in total. The molecular weight excluding hydrogens is 519 g/mol. The van der Waals surface area contributed by atoms with Gasteiger partial charge in [-0.25, -0.2) is 0 Å². The van der Waals surface area contributed by atoms with Gasteiger partial charge >= 0.3 is 0 Å². The summed E-state index contributed by atoms with van der Waals surface area (Å²) in [6.45, 7) is 12.0. The lowest BCUT2D eigenvalue weighted by Gasteiger charge is -2.24. The van der Waals surface area contributed by atoms with Gasteiger partial charge < -0.3 is 9.30 Å². The molecule has 6 aromatic rings. The number of aromatic nitrogens is 1. The molecule has 0 aliphatic carbocycles. The van der Waals surface area contributed by atoms with Crippen molar-refractivity contribution in [1.82, 2.24) is 4.57 Å². The summed E-state index contributed by atoms with van der Waals surface area (Å²) in [5.41, 5.74) is 5.03. The van der Waals surface area contributed by atoms with Gasteiger partial charge in [0.05, 0.1) is 18.1 Å². The van der Waals surface area contributed by atoms with E-state index in [-0.39, 0.29) is 0 Å². The zero-order valence-electron chi connectivity index (χ0n) is 24.3. The van der Waals surface area contributed by atoms with Crippen LogP contribution >= 0.6 is 0 Å². The number of methoxy groups -OCH3 is 1. The Hall–Kier alpha value is -3.87. The standard InChI is InChI=1S/C36H37NOSi2/c1-26-12-16-29(17-13-26)39(3,4)31-20-22-35-33(24-31)34-25-32(40(5,6)30-18-14-28(38-2)15-19-30)21-23-36(34)37(35)27-10-8-7-9-11-27/h7-25H,1-6H3. The molecule has 0 unspecified atom stereocenters. The summed E-state index contributed by atoms with van der Waals surface area (Å²) in [5, 5.41) is 8.46. The maximum absolute atomic E-state index is 5.43. The molecular formula is C36H37NOSi2. The van der Waals surface area contributed by atoms with Crippen molar-refractivity contribution in [3.63, 3.8) is 0 Å². The molecule has 1 aromatic heterocycles. The van der Waals surface area contributed by atoms with Crippen molar-refractivity contribution in [2.75, 3.05) is 7.11 Å². The molecule has 200 valence electrons. The van der Waals surface area contributed by atoms with E-state index in [1.165, 1.54) is 53.8 Å². The van der Waals surface area contributed by atoms with Gasteiger partial charge in [0.25, 0.3) is 0 Å². The predicted molar refractivity (Wildman–Crippen MR) is 178 cm³/mol. The number of fused-ring (bicyclic) bond motifs is 3. The third kappa shape index (κ3) is 4.41. The number of aryl methyl sites for hydroxylation is 1. The van der Waals surface area contributed by atoms with Gasteiger partial charge in [-0.2, -0.15) is 0 Å². The summed E-state index contributed by atoms with van der Waals surface area (Å²) in [7, 11) is -2.08. The van der Waals surface area contributed by atoms with E-state index in [4.69, 9.17) is 4.74 Å². The van der Waals surface area contributed by atoms with E-state index in [1.807, 2.05) is 0 Å². The molecule has 0 fully saturated rings. The average Bonchev–Trinajstić information content (AvgIpc) is 3.31. The molecule has 0 bridgehead atoms. The van der Waals surface area contributed by atoms with Gasteiger partial charge in [-0.3, -0.25) is 0 Å². The maximum atomic E-state index is 5.43. The number of benzene rings is 5. The van der Waals surface area contributed by atoms with E-state index in [9.17, 15) is 0 Å². The summed E-state index contributed by atoms with van der Waals surface area (Å²) < 4.78 is 7.86. The van der Waals surface area contributed by atoms with Gasteiger partial charge in [0.1, 0.15) is 21.9 Å². The summed E-state index contributed by atoms with van der Waals surface area (Å²) in [4.78, 5) is 0. The summed E-state index contributed by atoms with van der Waals surface area (Å²) in [5.74, 6) is 0.905. The molecule has 5 aromatic carbocycles. The Kier molecular flexibility index (Phi) is 6.56. The molecule has 1 heterocycles. The molecule has 0 saturated carbocycles. The van der Waals surface area contributed by atoms with Gasteiger partial charge in [0.2, 0.25) is 0 Å². The first kappa shape index (κ1) is 26.4. The third-order valence-electron chi connectivity index (χ3n) is 8.81. The fraction of sp³-hybridized carbons (Fsp3) is 0.167. The van der Waals surface area contributed by atoms with Crippen LogP contribution in [0.2, 0.25) is 26.2 Å². The second kappa shape index (κ2) is 9.95. The minimum Gasteiger partial charge on any atom is -0.497 e. The average molecular weight is 556 g/mol. The van der Waals surface area contributed by atoms with Crippen LogP contribution in [-0.4, -0.2) is 27.8 Å². The lowest BCUT2D eigenvalue weighted by molar-refractivity contribution is 0.415. The number of ether oxygens (including phenoxy) is 1. The van der Waals surface area contributed by atoms with Crippen LogP contribution in [0, 0.1) is 6.92 Å². The first-order chi connectivity index (χ1) is 19.2. The zero-order valence-corrected chi connectivity index (χ0v) is 26.3. The van der Waals surface area contributed by atoms with Crippen molar-refractivity contribution in [3.8, 4) is 11.4 Å². The highest BCUT2D eigenvalue weighted by atomic mass is 28.3. The molecule has 0 N–H and O–H groups in total. The van der Waals surface area contributed by atoms with Crippen molar-refractivity contribution in [3.05, 3.63) is 121 Å². The normalized spacial score (nSPS) is 12.2. The van der Waals surface area contributed by atoms with Crippen molar-refractivity contribution in [2.45, 2.75) is 33.1 Å². The van der Waals surface area contributed by atoms with Gasteiger partial charge in [-0.15, -0.1) is 0 Å². The first-order valence-electron chi connectivity index (χ1n) is 14.1. The Bertz CT molecular complexity index is 1820. The number of rotatable bonds is 6. The zero-order chi connectivity index (χ0) is 28.1. The van der Waals surface area contributed by atoms with Crippen LogP contribution in [-0.2, 0) is 0 Å². The topological polar surface area (TPSA) is 14.2 Å². The summed E-state index contributed by atoms with van der Waals surface area (Å²) in [6, 6.07) is 43.0. The Morgan fingerprint density at radius 1 is 0.525 bits per heavy atom. The van der Waals surface area contributed by atoms with Crippen LogP contribution in [0.4, 0.5) is 0 Å². The van der Waals surface area contributed by atoms with Crippen LogP contribution in [0.5, 0.6) is 5.75 Å². The molecule has 0 amide bonds. The van der Waals surface area contributed by atoms with Crippen LogP contribution in [0.15, 0.2) is 115 Å². The van der Waals surface area contributed by atoms with E-state index in [0.717, 1.165) is 5.75 Å². The number of hydrogen-bond acceptors (Lipinski definition) is 1. The molecule has 4 heteroatoms. The molecule has 0 aliphatic rings. The monoisotopic (exact) mass is 555 g/mol. The first-order valence-corrected chi connectivity index (χ1v) is 20.1. The quantitative estimate of drug-likeness (QED) is 0.208. The van der Waals surface area contributed by atoms with Crippen molar-refractivity contribution < 1.29 is 4.74 Å². The molecule has 0 saturated heterocycles. The Morgan fingerprint density at radius 3 is 1.45 bits per heavy atom. The molecule has 0 aliphatic heterocycles. The van der Waals surface area contributed by atoms with E-state index < -0.39 is 16.1 Å². The van der Waals surface area contributed by atoms with Crippen LogP contribution in [0.3, 0.4) is 0 Å². The Balaban J connectivity index is 1.58. The smallest absolute Gasteiger partial charge is 0.118 e. The van der Waals surface area contributed by atoms with Crippen molar-refractivity contribution >= 4 is 58.7 Å². The maximum Gasteiger partial charge on any atom is 0.118 e. The Labute approximate surface area is 239 Å². The SMILES string of the molecule is COc1ccc([Si](C)(C)c2ccc3c(c2)c2cc([Si](C)(C)c4ccc(C)cc4)ccc2n3-c2ccccc2)cc1. The van der Waals surface area contributed by atoms with Gasteiger partial charge in [-0.05, 0) is 43.3 Å². The highest BCUT2D eigenvalue weighted by Crippen LogP contribution is 2.32. The van der Waals surface area contributed by atoms with E-state index in [0.29, 0.717) is 0 Å². The number of para-hydroxylation sites is 1. The number of hydrogen-bond donors (Lipinski definition) is 0. The van der Waals surface area contributed by atoms with E-state index in [1.54, 1.807) is 7.11 Å². The highest BCUT2D eigenvalue weighted by Gasteiger charge is 2.29. The molecule has 40 heavy (non-hydrogen) atoms. The minimum absolute atomic E-state index is 0.905. The van der Waals surface area contributed by atoms with Gasteiger partial charge in [0.15, 0.2) is 0 Å². The molecule has 6 rings (SSSR count). The van der Waals surface area contributed by atoms with Crippen LogP contribution in [0.25, 0.3) is 27.5 Å². The molecule has 0 atom stereocenters. The summed E-state index contributed by atoms with van der Waals surface area (Å²) >= 11 is 0. The minimum atomic E-state index is -1.93. The van der Waals surface area contributed by atoms with E-state index >= 15 is 0 Å². The fourth-order valence-electron chi connectivity index (χ4n) is 5.97. The van der Waals surface area contributed by atoms with Crippen molar-refractivity contribution in [2.24, 2.45) is 0 Å². The van der Waals surface area contributed by atoms with Crippen LogP contribution < -0.4 is 25.5 Å². The largest absolute Gasteiger partial charge is 0.497 e. The van der Waals surface area contributed by atoms with E-state index in [2.05, 4.69) is 153 Å². The van der Waals surface area contributed by atoms with Gasteiger partial charge in [-0.1, -0.05) is 131 Å². The van der Waals surface area contributed by atoms with Crippen molar-refractivity contribution in [1.29, 1.82) is 0 Å². The fourth-order valence-corrected chi connectivity index (χ4v) is 10.6. The summed E-state index contributed by atoms with van der Waals surface area (Å²) in [6.07, 6.45) is 0. The van der Waals surface area contributed by atoms with Crippen LogP contribution in [0.1, 0.15) is 5.56 Å². The van der Waals surface area contributed by atoms with Gasteiger partial charge in [0, 0.05) is 16.5 Å². The molecule has 0 radical (unpaired) electrons. The third-order valence-corrected chi connectivity index (χ3v) is 15.9. The number of nitrogens with zero attached hydrogens (tertiary/aromatic N) is 1. The second-order valence-corrected chi connectivity index (χ2v) is 20.8. The highest BCUT2D eigenvalue weighted by molar-refractivity contribution is 7.01. The second-order valence-electron chi connectivity index (χ2n) is 12.0. The Morgan fingerprint density at radius 2 is 0.975 bits per heavy atom. The predicted octanol–water partition coefficient (Wildman–Crippen LogP) is 6.75. The lowest BCUT2D eigenvalue weighted by atomic mass is 10.1.